The molecule has 0 aliphatic carbocycles. The second kappa shape index (κ2) is 6.59. The van der Waals surface area contributed by atoms with Crippen molar-refractivity contribution < 1.29 is 9.50 Å². The van der Waals surface area contributed by atoms with Gasteiger partial charge in [0.25, 0.3) is 0 Å². The van der Waals surface area contributed by atoms with Crippen molar-refractivity contribution in [2.24, 2.45) is 0 Å². The quantitative estimate of drug-likeness (QED) is 0.839. The second-order valence-electron chi connectivity index (χ2n) is 4.25. The van der Waals surface area contributed by atoms with Crippen molar-refractivity contribution in [1.82, 2.24) is 5.32 Å². The molecular formula is C12H17ClFNOS. The Kier molecular flexibility index (Phi) is 5.73. The smallest absolute Gasteiger partial charge is 0.146 e. The summed E-state index contributed by atoms with van der Waals surface area (Å²) in [5, 5.41) is 13.1. The van der Waals surface area contributed by atoms with Crippen molar-refractivity contribution in [3.8, 4) is 0 Å². The van der Waals surface area contributed by atoms with Crippen LogP contribution in [0.15, 0.2) is 18.2 Å². The lowest BCUT2D eigenvalue weighted by atomic mass is 10.1. The number of benzene rings is 1. The van der Waals surface area contributed by atoms with Crippen LogP contribution in [0.3, 0.4) is 0 Å². The molecule has 5 heteroatoms. The average Bonchev–Trinajstić information content (AvgIpc) is 2.24. The van der Waals surface area contributed by atoms with E-state index in [-0.39, 0.29) is 5.02 Å². The zero-order chi connectivity index (χ0) is 12.9. The zero-order valence-electron chi connectivity index (χ0n) is 9.96. The Hall–Kier alpha value is -0.290. The van der Waals surface area contributed by atoms with E-state index in [9.17, 15) is 9.50 Å². The van der Waals surface area contributed by atoms with Gasteiger partial charge in [0, 0.05) is 24.4 Å². The molecule has 0 heterocycles. The van der Waals surface area contributed by atoms with Crippen molar-refractivity contribution in [2.45, 2.75) is 19.1 Å². The van der Waals surface area contributed by atoms with Gasteiger partial charge in [-0.1, -0.05) is 23.7 Å². The largest absolute Gasteiger partial charge is 0.388 e. The summed E-state index contributed by atoms with van der Waals surface area (Å²) < 4.78 is 13.5. The van der Waals surface area contributed by atoms with Gasteiger partial charge >= 0.3 is 0 Å². The molecular weight excluding hydrogens is 261 g/mol. The van der Waals surface area contributed by atoms with Gasteiger partial charge in [0.15, 0.2) is 0 Å². The van der Waals surface area contributed by atoms with Gasteiger partial charge in [0.1, 0.15) is 5.82 Å². The maximum Gasteiger partial charge on any atom is 0.146 e. The van der Waals surface area contributed by atoms with Crippen molar-refractivity contribution in [2.75, 3.05) is 18.6 Å². The van der Waals surface area contributed by atoms with Gasteiger partial charge < -0.3 is 10.4 Å². The molecule has 17 heavy (non-hydrogen) atoms. The molecule has 1 aromatic rings. The van der Waals surface area contributed by atoms with Crippen LogP contribution in [0.4, 0.5) is 4.39 Å². The third-order valence-corrected chi connectivity index (χ3v) is 3.51. The summed E-state index contributed by atoms with van der Waals surface area (Å²) in [6.45, 7) is 2.53. The summed E-state index contributed by atoms with van der Waals surface area (Å²) in [5.41, 5.74) is -0.272. The first-order valence-electron chi connectivity index (χ1n) is 5.31. The van der Waals surface area contributed by atoms with Crippen LogP contribution < -0.4 is 5.32 Å². The number of hydrogen-bond donors (Lipinski definition) is 2. The molecule has 0 spiro atoms. The molecule has 0 amide bonds. The van der Waals surface area contributed by atoms with Crippen LogP contribution in [0.2, 0.25) is 5.02 Å². The van der Waals surface area contributed by atoms with Crippen LogP contribution in [-0.2, 0) is 6.54 Å². The summed E-state index contributed by atoms with van der Waals surface area (Å²) in [4.78, 5) is 0. The molecule has 1 rings (SSSR count). The van der Waals surface area contributed by atoms with Gasteiger partial charge in [0.2, 0.25) is 0 Å². The van der Waals surface area contributed by atoms with Crippen molar-refractivity contribution in [1.29, 1.82) is 0 Å². The molecule has 0 fully saturated rings. The number of hydrogen-bond acceptors (Lipinski definition) is 3. The predicted octanol–water partition coefficient (Wildman–Crippen LogP) is 2.68. The molecule has 2 N–H and O–H groups in total. The third-order valence-electron chi connectivity index (χ3n) is 2.31. The van der Waals surface area contributed by atoms with Crippen LogP contribution in [0.5, 0.6) is 0 Å². The SMILES string of the molecule is CSCC(C)(O)CNCc1cccc(Cl)c1F. The molecule has 1 aromatic carbocycles. The van der Waals surface area contributed by atoms with E-state index in [1.165, 1.54) is 6.07 Å². The number of aliphatic hydroxyl groups is 1. The monoisotopic (exact) mass is 277 g/mol. The molecule has 96 valence electrons. The summed E-state index contributed by atoms with van der Waals surface area (Å²) in [5.74, 6) is 0.240. The van der Waals surface area contributed by atoms with Crippen LogP contribution in [0.25, 0.3) is 0 Å². The highest BCUT2D eigenvalue weighted by molar-refractivity contribution is 7.98. The second-order valence-corrected chi connectivity index (χ2v) is 5.52. The van der Waals surface area contributed by atoms with Crippen LogP contribution in [0.1, 0.15) is 12.5 Å². The molecule has 0 aliphatic heterocycles. The molecule has 1 atom stereocenters. The summed E-state index contributed by atoms with van der Waals surface area (Å²) in [6.07, 6.45) is 1.94. The number of halogens is 2. The number of thioether (sulfide) groups is 1. The normalized spacial score (nSPS) is 14.6. The van der Waals surface area contributed by atoms with Gasteiger partial charge in [-0.05, 0) is 19.2 Å². The zero-order valence-corrected chi connectivity index (χ0v) is 11.5. The van der Waals surface area contributed by atoms with E-state index in [4.69, 9.17) is 11.6 Å². The van der Waals surface area contributed by atoms with Gasteiger partial charge in [0.05, 0.1) is 10.6 Å². The Balaban J connectivity index is 2.49. The molecule has 0 aliphatic rings. The number of nitrogens with one attached hydrogen (secondary N) is 1. The Labute approximate surface area is 111 Å². The van der Waals surface area contributed by atoms with Crippen molar-refractivity contribution in [3.05, 3.63) is 34.6 Å². The molecule has 2 nitrogen and oxygen atoms in total. The maximum atomic E-state index is 13.5. The fourth-order valence-corrected chi connectivity index (χ4v) is 2.43. The Bertz CT molecular complexity index is 374. The summed E-state index contributed by atoms with van der Waals surface area (Å²) in [6, 6.07) is 4.91. The molecule has 0 aromatic heterocycles. The number of rotatable bonds is 6. The lowest BCUT2D eigenvalue weighted by molar-refractivity contribution is 0.0845. The van der Waals surface area contributed by atoms with Crippen LogP contribution in [-0.4, -0.2) is 29.3 Å². The molecule has 0 bridgehead atoms. The van der Waals surface area contributed by atoms with Gasteiger partial charge in [-0.25, -0.2) is 4.39 Å². The maximum absolute atomic E-state index is 13.5. The highest BCUT2D eigenvalue weighted by Crippen LogP contribution is 2.17. The summed E-state index contributed by atoms with van der Waals surface area (Å²) in [7, 11) is 0. The fourth-order valence-electron chi connectivity index (χ4n) is 1.51. The highest BCUT2D eigenvalue weighted by atomic mass is 35.5. The van der Waals surface area contributed by atoms with Gasteiger partial charge in [-0.15, -0.1) is 0 Å². The minimum Gasteiger partial charge on any atom is -0.388 e. The van der Waals surface area contributed by atoms with Crippen molar-refractivity contribution in [3.63, 3.8) is 0 Å². The topological polar surface area (TPSA) is 32.3 Å². The van der Waals surface area contributed by atoms with Crippen molar-refractivity contribution >= 4 is 23.4 Å². The van der Waals surface area contributed by atoms with E-state index in [2.05, 4.69) is 5.32 Å². The Morgan fingerprint density at radius 1 is 1.53 bits per heavy atom. The van der Waals surface area contributed by atoms with E-state index in [1.807, 2.05) is 6.26 Å². The fraction of sp³-hybridized carbons (Fsp3) is 0.500. The first kappa shape index (κ1) is 14.8. The standard InChI is InChI=1S/C12H17ClFNOS/c1-12(16,8-17-2)7-15-6-9-4-3-5-10(13)11(9)14/h3-5,15-16H,6-8H2,1-2H3. The molecule has 0 radical (unpaired) electrons. The predicted molar refractivity (Wildman–Crippen MR) is 72.1 cm³/mol. The third kappa shape index (κ3) is 4.84. The molecule has 1 unspecified atom stereocenters. The molecule has 0 saturated carbocycles. The Morgan fingerprint density at radius 3 is 2.88 bits per heavy atom. The van der Waals surface area contributed by atoms with Gasteiger partial charge in [-0.2, -0.15) is 11.8 Å². The summed E-state index contributed by atoms with van der Waals surface area (Å²) >= 11 is 7.25. The molecule has 0 saturated heterocycles. The minimum absolute atomic E-state index is 0.125. The Morgan fingerprint density at radius 2 is 2.24 bits per heavy atom. The lowest BCUT2D eigenvalue weighted by Gasteiger charge is -2.22. The average molecular weight is 278 g/mol. The van der Waals surface area contributed by atoms with E-state index in [1.54, 1.807) is 30.8 Å². The lowest BCUT2D eigenvalue weighted by Crippen LogP contribution is -2.39. The van der Waals surface area contributed by atoms with E-state index in [0.717, 1.165) is 0 Å². The van der Waals surface area contributed by atoms with E-state index >= 15 is 0 Å². The van der Waals surface area contributed by atoms with E-state index in [0.29, 0.717) is 24.4 Å². The highest BCUT2D eigenvalue weighted by Gasteiger charge is 2.19. The first-order chi connectivity index (χ1) is 7.96. The van der Waals surface area contributed by atoms with Gasteiger partial charge in [-0.3, -0.25) is 0 Å². The minimum atomic E-state index is -0.783. The first-order valence-corrected chi connectivity index (χ1v) is 7.08. The van der Waals surface area contributed by atoms with Crippen LogP contribution >= 0.6 is 23.4 Å². The van der Waals surface area contributed by atoms with E-state index < -0.39 is 11.4 Å². The van der Waals surface area contributed by atoms with Crippen LogP contribution in [0, 0.1) is 5.82 Å².